The van der Waals surface area contributed by atoms with Gasteiger partial charge in [0.05, 0.1) is 21.1 Å². The molecule has 1 rings (SSSR count). The number of hydrogen-bond acceptors (Lipinski definition) is 3. The Morgan fingerprint density at radius 2 is 1.88 bits per heavy atom. The van der Waals surface area contributed by atoms with E-state index in [0.717, 1.165) is 10.2 Å². The molecule has 1 aromatic carbocycles. The van der Waals surface area contributed by atoms with Gasteiger partial charge in [0, 0.05) is 17.8 Å². The molecule has 0 spiro atoms. The summed E-state index contributed by atoms with van der Waals surface area (Å²) in [7, 11) is 6.22. The van der Waals surface area contributed by atoms with Crippen LogP contribution in [0.1, 0.15) is 0 Å². The van der Waals surface area contributed by atoms with E-state index in [4.69, 9.17) is 5.73 Å². The van der Waals surface area contributed by atoms with Gasteiger partial charge >= 0.3 is 6.09 Å². The Hall–Kier alpha value is -1.59. The third-order valence-corrected chi connectivity index (χ3v) is 2.10. The van der Waals surface area contributed by atoms with Crippen molar-refractivity contribution in [1.29, 1.82) is 0 Å². The molecule has 0 atom stereocenters. The predicted molar refractivity (Wildman–Crippen MR) is 65.2 cm³/mol. The number of rotatable bonds is 3. The van der Waals surface area contributed by atoms with Crippen LogP contribution in [0.4, 0.5) is 16.2 Å². The van der Waals surface area contributed by atoms with Gasteiger partial charge in [-0.1, -0.05) is 0 Å². The monoisotopic (exact) mass is 224 g/mol. The highest BCUT2D eigenvalue weighted by Crippen LogP contribution is 2.19. The van der Waals surface area contributed by atoms with E-state index in [1.807, 2.05) is 24.3 Å². The quantitative estimate of drug-likeness (QED) is 0.601. The number of anilines is 1. The van der Waals surface area contributed by atoms with E-state index in [0.29, 0.717) is 5.69 Å². The Labute approximate surface area is 95.4 Å². The predicted octanol–water partition coefficient (Wildman–Crippen LogP) is 1.35. The number of nitrogens with two attached hydrogens (primary N) is 1. The maximum absolute atomic E-state index is 11.1. The fraction of sp³-hybridized carbons (Fsp3) is 0.364. The SMILES string of the molecule is C[N+](C)(C)c1ccc(NC(=O)OCN)cc1. The molecule has 0 bridgehead atoms. The molecule has 0 unspecified atom stereocenters. The minimum atomic E-state index is -0.541. The summed E-state index contributed by atoms with van der Waals surface area (Å²) in [6, 6.07) is 7.57. The Balaban J connectivity index is 2.69. The molecule has 1 amide bonds. The lowest BCUT2D eigenvalue weighted by atomic mass is 10.2. The molecule has 88 valence electrons. The topological polar surface area (TPSA) is 64.3 Å². The van der Waals surface area contributed by atoms with Crippen LogP contribution in [0.3, 0.4) is 0 Å². The molecular formula is C11H18N3O2+. The maximum Gasteiger partial charge on any atom is 0.412 e. The first-order chi connectivity index (χ1) is 7.43. The van der Waals surface area contributed by atoms with Crippen LogP contribution in [-0.2, 0) is 4.74 Å². The van der Waals surface area contributed by atoms with Crippen molar-refractivity contribution in [1.82, 2.24) is 4.48 Å². The van der Waals surface area contributed by atoms with Crippen molar-refractivity contribution in [2.24, 2.45) is 5.73 Å². The van der Waals surface area contributed by atoms with E-state index in [1.165, 1.54) is 0 Å². The van der Waals surface area contributed by atoms with Crippen LogP contribution >= 0.6 is 0 Å². The number of amides is 1. The molecule has 16 heavy (non-hydrogen) atoms. The van der Waals surface area contributed by atoms with Gasteiger partial charge in [0.25, 0.3) is 0 Å². The van der Waals surface area contributed by atoms with Crippen molar-refractivity contribution >= 4 is 17.5 Å². The number of quaternary nitrogens is 1. The molecule has 0 fully saturated rings. The number of benzene rings is 1. The lowest BCUT2D eigenvalue weighted by Gasteiger charge is -2.23. The maximum atomic E-state index is 11.1. The number of nitrogens with one attached hydrogen (secondary N) is 1. The van der Waals surface area contributed by atoms with Gasteiger partial charge in [0.2, 0.25) is 0 Å². The molecule has 5 heteroatoms. The highest BCUT2D eigenvalue weighted by Gasteiger charge is 2.11. The molecule has 0 aliphatic heterocycles. The zero-order chi connectivity index (χ0) is 12.2. The van der Waals surface area contributed by atoms with E-state index >= 15 is 0 Å². The minimum absolute atomic E-state index is 0.122. The van der Waals surface area contributed by atoms with Gasteiger partial charge in [-0.05, 0) is 12.1 Å². The van der Waals surface area contributed by atoms with Crippen LogP contribution in [0, 0.1) is 0 Å². The first kappa shape index (κ1) is 12.5. The lowest BCUT2D eigenvalue weighted by molar-refractivity contribution is 0.165. The zero-order valence-electron chi connectivity index (χ0n) is 9.86. The highest BCUT2D eigenvalue weighted by atomic mass is 16.6. The average molecular weight is 224 g/mol. The van der Waals surface area contributed by atoms with Crippen LogP contribution in [0.25, 0.3) is 0 Å². The summed E-state index contributed by atoms with van der Waals surface area (Å²) in [5, 5.41) is 2.57. The molecule has 3 N–H and O–H groups in total. The minimum Gasteiger partial charge on any atom is -0.434 e. The van der Waals surface area contributed by atoms with Gasteiger partial charge in [-0.25, -0.2) is 4.79 Å². The third kappa shape index (κ3) is 3.52. The molecular weight excluding hydrogens is 206 g/mol. The second-order valence-corrected chi connectivity index (χ2v) is 4.28. The Kier molecular flexibility index (Phi) is 3.87. The number of ether oxygens (including phenoxy) is 1. The summed E-state index contributed by atoms with van der Waals surface area (Å²) in [6.45, 7) is -0.122. The summed E-state index contributed by atoms with van der Waals surface area (Å²) in [4.78, 5) is 11.1. The second kappa shape index (κ2) is 4.96. The standard InChI is InChI=1S/C11H17N3O2/c1-14(2,3)10-6-4-9(5-7-10)13-11(15)16-8-12/h4-7H,8,12H2,1-3H3/p+1. The molecule has 0 aliphatic rings. The molecule has 0 saturated heterocycles. The van der Waals surface area contributed by atoms with E-state index in [9.17, 15) is 4.79 Å². The Bertz CT molecular complexity index is 354. The first-order valence-electron chi connectivity index (χ1n) is 4.99. The van der Waals surface area contributed by atoms with E-state index in [2.05, 4.69) is 31.2 Å². The summed E-state index contributed by atoms with van der Waals surface area (Å²) in [5.74, 6) is 0. The summed E-state index contributed by atoms with van der Waals surface area (Å²) >= 11 is 0. The number of carbonyl (C=O) groups is 1. The highest BCUT2D eigenvalue weighted by molar-refractivity contribution is 5.84. The van der Waals surface area contributed by atoms with E-state index < -0.39 is 6.09 Å². The van der Waals surface area contributed by atoms with Gasteiger partial charge < -0.3 is 4.74 Å². The fourth-order valence-electron chi connectivity index (χ4n) is 1.22. The number of hydrogen-bond donors (Lipinski definition) is 2. The van der Waals surface area contributed by atoms with Crippen molar-refractivity contribution < 1.29 is 9.53 Å². The molecule has 5 nitrogen and oxygen atoms in total. The van der Waals surface area contributed by atoms with Gasteiger partial charge in [0.1, 0.15) is 12.4 Å². The summed E-state index contributed by atoms with van der Waals surface area (Å²) < 4.78 is 5.30. The largest absolute Gasteiger partial charge is 0.434 e. The molecule has 0 aliphatic carbocycles. The normalized spacial score (nSPS) is 11.0. The second-order valence-electron chi connectivity index (χ2n) is 4.28. The van der Waals surface area contributed by atoms with Crippen molar-refractivity contribution in [2.45, 2.75) is 0 Å². The van der Waals surface area contributed by atoms with Gasteiger partial charge in [-0.2, -0.15) is 0 Å². The Morgan fingerprint density at radius 3 is 2.31 bits per heavy atom. The van der Waals surface area contributed by atoms with Crippen LogP contribution in [0.15, 0.2) is 24.3 Å². The van der Waals surface area contributed by atoms with E-state index in [-0.39, 0.29) is 6.73 Å². The summed E-state index contributed by atoms with van der Waals surface area (Å²) in [5.41, 5.74) is 6.92. The molecule has 0 saturated carbocycles. The first-order valence-corrected chi connectivity index (χ1v) is 4.99. The fourth-order valence-corrected chi connectivity index (χ4v) is 1.22. The third-order valence-electron chi connectivity index (χ3n) is 2.10. The van der Waals surface area contributed by atoms with Gasteiger partial charge in [-0.3, -0.25) is 15.5 Å². The lowest BCUT2D eigenvalue weighted by Crippen LogP contribution is -2.34. The Morgan fingerprint density at radius 1 is 1.31 bits per heavy atom. The zero-order valence-corrected chi connectivity index (χ0v) is 9.86. The van der Waals surface area contributed by atoms with Crippen LogP contribution < -0.4 is 15.5 Å². The number of carbonyl (C=O) groups excluding carboxylic acids is 1. The van der Waals surface area contributed by atoms with Crippen LogP contribution in [-0.4, -0.2) is 34.0 Å². The van der Waals surface area contributed by atoms with Gasteiger partial charge in [0.15, 0.2) is 0 Å². The molecule has 0 radical (unpaired) electrons. The van der Waals surface area contributed by atoms with Crippen molar-refractivity contribution in [3.8, 4) is 0 Å². The molecule has 0 heterocycles. The van der Waals surface area contributed by atoms with E-state index in [1.54, 1.807) is 0 Å². The van der Waals surface area contributed by atoms with Crippen LogP contribution in [0.5, 0.6) is 0 Å². The van der Waals surface area contributed by atoms with Crippen LogP contribution in [0.2, 0.25) is 0 Å². The van der Waals surface area contributed by atoms with Gasteiger partial charge in [-0.15, -0.1) is 0 Å². The molecule has 1 aromatic rings. The van der Waals surface area contributed by atoms with Crippen molar-refractivity contribution in [3.05, 3.63) is 24.3 Å². The van der Waals surface area contributed by atoms with Crippen molar-refractivity contribution in [2.75, 3.05) is 33.2 Å². The number of nitrogens with zero attached hydrogens (tertiary/aromatic N) is 1. The summed E-state index contributed by atoms with van der Waals surface area (Å²) in [6.07, 6.45) is -0.541. The smallest absolute Gasteiger partial charge is 0.412 e. The average Bonchev–Trinajstić information content (AvgIpc) is 2.17. The van der Waals surface area contributed by atoms with Crippen molar-refractivity contribution in [3.63, 3.8) is 0 Å². The molecule has 0 aromatic heterocycles.